The van der Waals surface area contributed by atoms with Crippen LogP contribution in [0.2, 0.25) is 0 Å². The molecule has 7 nitrogen and oxygen atoms in total. The molecular weight excluding hydrogens is 559 g/mol. The lowest BCUT2D eigenvalue weighted by atomic mass is 9.85. The van der Waals surface area contributed by atoms with Crippen LogP contribution in [0.5, 0.6) is 0 Å². The molecule has 1 heterocycles. The SMILES string of the molecule is CC(C(C(=O)Nc1cccc(CC2(C(=O)O)CC2)c1)c1ccc(CN2N=C(c3ccccc3)CCC2=O)cc1)C(F)(F)F. The van der Waals surface area contributed by atoms with Crippen LogP contribution in [0.1, 0.15) is 60.8 Å². The van der Waals surface area contributed by atoms with Gasteiger partial charge in [0.25, 0.3) is 0 Å². The third-order valence-electron chi connectivity index (χ3n) is 8.23. The summed E-state index contributed by atoms with van der Waals surface area (Å²) in [6, 6.07) is 22.3. The number of nitrogens with one attached hydrogen (secondary N) is 1. The number of nitrogens with zero attached hydrogens (tertiary/aromatic N) is 2. The molecule has 1 saturated carbocycles. The van der Waals surface area contributed by atoms with Gasteiger partial charge in [-0.25, -0.2) is 5.01 Å². The van der Waals surface area contributed by atoms with Gasteiger partial charge in [-0.15, -0.1) is 0 Å². The highest BCUT2D eigenvalue weighted by atomic mass is 19.4. The summed E-state index contributed by atoms with van der Waals surface area (Å²) in [6.45, 7) is 1.12. The van der Waals surface area contributed by atoms with E-state index in [1.165, 1.54) is 17.1 Å². The molecule has 3 aromatic carbocycles. The molecule has 0 spiro atoms. The van der Waals surface area contributed by atoms with Crippen LogP contribution in [0.15, 0.2) is 84.0 Å². The maximum Gasteiger partial charge on any atom is 0.392 e. The number of benzene rings is 3. The monoisotopic (exact) mass is 591 g/mol. The second-order valence-corrected chi connectivity index (χ2v) is 11.4. The minimum atomic E-state index is -4.63. The summed E-state index contributed by atoms with van der Waals surface area (Å²) in [4.78, 5) is 37.5. The topological polar surface area (TPSA) is 99.1 Å². The third kappa shape index (κ3) is 6.96. The number of carbonyl (C=O) groups excluding carboxylic acids is 2. The summed E-state index contributed by atoms with van der Waals surface area (Å²) in [5.74, 6) is -5.37. The lowest BCUT2D eigenvalue weighted by Crippen LogP contribution is -2.34. The van der Waals surface area contributed by atoms with E-state index in [1.807, 2.05) is 30.3 Å². The van der Waals surface area contributed by atoms with E-state index in [-0.39, 0.29) is 24.4 Å². The van der Waals surface area contributed by atoms with E-state index in [1.54, 1.807) is 36.4 Å². The van der Waals surface area contributed by atoms with Crippen molar-refractivity contribution in [3.05, 3.63) is 101 Å². The molecule has 1 fully saturated rings. The van der Waals surface area contributed by atoms with Gasteiger partial charge in [-0.3, -0.25) is 14.4 Å². The first-order valence-corrected chi connectivity index (χ1v) is 14.2. The standard InChI is InChI=1S/C33H32F3N3O4/c1-21(33(34,35)36)29(30(41)37-26-9-5-6-23(18-26)19-32(16-17-32)31(42)43)25-12-10-22(11-13-25)20-39-28(40)15-14-27(38-39)24-7-3-2-4-8-24/h2-13,18,21,29H,14-17,19-20H2,1H3,(H,37,41)(H,42,43). The molecule has 0 saturated heterocycles. The number of carboxylic acids is 1. The molecule has 1 aliphatic carbocycles. The van der Waals surface area contributed by atoms with Gasteiger partial charge in [-0.1, -0.05) is 73.7 Å². The van der Waals surface area contributed by atoms with E-state index in [2.05, 4.69) is 10.4 Å². The number of halogens is 3. The molecule has 2 unspecified atom stereocenters. The summed E-state index contributed by atoms with van der Waals surface area (Å²) >= 11 is 0. The van der Waals surface area contributed by atoms with Crippen LogP contribution >= 0.6 is 0 Å². The Kier molecular flexibility index (Phi) is 8.39. The van der Waals surface area contributed by atoms with Crippen LogP contribution in [0.3, 0.4) is 0 Å². The second kappa shape index (κ2) is 12.0. The fourth-order valence-corrected chi connectivity index (χ4v) is 5.41. The van der Waals surface area contributed by atoms with Crippen molar-refractivity contribution in [3.8, 4) is 0 Å². The Bertz CT molecular complexity index is 1530. The number of alkyl halides is 3. The molecule has 5 rings (SSSR count). The number of amides is 2. The van der Waals surface area contributed by atoms with Gasteiger partial charge in [0.15, 0.2) is 0 Å². The number of carboxylic acid groups (broad SMARTS) is 1. The minimum absolute atomic E-state index is 0.145. The number of aliphatic carboxylic acids is 1. The molecule has 224 valence electrons. The maximum atomic E-state index is 13.9. The predicted octanol–water partition coefficient (Wildman–Crippen LogP) is 6.54. The van der Waals surface area contributed by atoms with Crippen LogP contribution in [0, 0.1) is 11.3 Å². The Labute approximate surface area is 247 Å². The van der Waals surface area contributed by atoms with Gasteiger partial charge in [0, 0.05) is 18.5 Å². The van der Waals surface area contributed by atoms with Crippen LogP contribution in [0.4, 0.5) is 18.9 Å². The average Bonchev–Trinajstić information content (AvgIpc) is 3.76. The Hall–Kier alpha value is -4.47. The quantitative estimate of drug-likeness (QED) is 0.280. The van der Waals surface area contributed by atoms with Gasteiger partial charge in [0.2, 0.25) is 11.8 Å². The van der Waals surface area contributed by atoms with Crippen molar-refractivity contribution in [2.75, 3.05) is 5.32 Å². The zero-order valence-corrected chi connectivity index (χ0v) is 23.6. The second-order valence-electron chi connectivity index (χ2n) is 11.4. The smallest absolute Gasteiger partial charge is 0.392 e. The number of anilines is 1. The number of hydrogen-bond acceptors (Lipinski definition) is 4. The van der Waals surface area contributed by atoms with Gasteiger partial charge in [-0.05, 0) is 53.6 Å². The Morgan fingerprint density at radius 2 is 1.67 bits per heavy atom. The van der Waals surface area contributed by atoms with E-state index in [0.717, 1.165) is 18.2 Å². The first-order chi connectivity index (χ1) is 20.4. The van der Waals surface area contributed by atoms with E-state index in [0.29, 0.717) is 42.5 Å². The summed E-state index contributed by atoms with van der Waals surface area (Å²) < 4.78 is 41.8. The van der Waals surface area contributed by atoms with Gasteiger partial charge in [0.05, 0.1) is 29.5 Å². The highest BCUT2D eigenvalue weighted by molar-refractivity contribution is 6.04. The number of hydrogen-bond donors (Lipinski definition) is 2. The van der Waals surface area contributed by atoms with Crippen molar-refractivity contribution >= 4 is 29.2 Å². The van der Waals surface area contributed by atoms with Crippen molar-refractivity contribution in [2.24, 2.45) is 16.4 Å². The van der Waals surface area contributed by atoms with E-state index in [4.69, 9.17) is 0 Å². The minimum Gasteiger partial charge on any atom is -0.481 e. The lowest BCUT2D eigenvalue weighted by Gasteiger charge is -2.26. The number of hydrazone groups is 1. The fourth-order valence-electron chi connectivity index (χ4n) is 5.41. The third-order valence-corrected chi connectivity index (χ3v) is 8.23. The molecule has 43 heavy (non-hydrogen) atoms. The van der Waals surface area contributed by atoms with Crippen molar-refractivity contribution < 1.29 is 32.7 Å². The molecule has 2 amide bonds. The Morgan fingerprint density at radius 1 is 0.977 bits per heavy atom. The molecule has 2 aliphatic rings. The molecule has 3 aromatic rings. The van der Waals surface area contributed by atoms with E-state index >= 15 is 0 Å². The van der Waals surface area contributed by atoms with Crippen molar-refractivity contribution in [2.45, 2.75) is 57.7 Å². The number of carbonyl (C=O) groups is 3. The van der Waals surface area contributed by atoms with E-state index < -0.39 is 35.3 Å². The van der Waals surface area contributed by atoms with Gasteiger partial charge < -0.3 is 10.4 Å². The zero-order valence-electron chi connectivity index (χ0n) is 23.6. The Morgan fingerprint density at radius 3 is 2.30 bits per heavy atom. The summed E-state index contributed by atoms with van der Waals surface area (Å²) in [7, 11) is 0. The maximum absolute atomic E-state index is 13.9. The highest BCUT2D eigenvalue weighted by Crippen LogP contribution is 2.48. The van der Waals surface area contributed by atoms with Crippen LogP contribution in [-0.2, 0) is 27.3 Å². The average molecular weight is 592 g/mol. The largest absolute Gasteiger partial charge is 0.481 e. The molecule has 1 aliphatic heterocycles. The molecule has 10 heteroatoms. The van der Waals surface area contributed by atoms with Crippen LogP contribution in [-0.4, -0.2) is 39.8 Å². The number of rotatable bonds is 10. The van der Waals surface area contributed by atoms with E-state index in [9.17, 15) is 32.7 Å². The summed E-state index contributed by atoms with van der Waals surface area (Å²) in [5.41, 5.74) is 2.72. The fraction of sp³-hybridized carbons (Fsp3) is 0.333. The van der Waals surface area contributed by atoms with Gasteiger partial charge in [-0.2, -0.15) is 18.3 Å². The van der Waals surface area contributed by atoms with Crippen LogP contribution < -0.4 is 5.32 Å². The molecule has 2 N–H and O–H groups in total. The van der Waals surface area contributed by atoms with Gasteiger partial charge in [0.1, 0.15) is 0 Å². The van der Waals surface area contributed by atoms with Crippen molar-refractivity contribution in [1.29, 1.82) is 0 Å². The molecule has 0 aromatic heterocycles. The summed E-state index contributed by atoms with van der Waals surface area (Å²) in [6.07, 6.45) is -2.40. The first kappa shape index (κ1) is 30.0. The summed E-state index contributed by atoms with van der Waals surface area (Å²) in [5, 5.41) is 18.0. The van der Waals surface area contributed by atoms with Crippen molar-refractivity contribution in [1.82, 2.24) is 5.01 Å². The molecule has 2 atom stereocenters. The van der Waals surface area contributed by atoms with Gasteiger partial charge >= 0.3 is 12.1 Å². The van der Waals surface area contributed by atoms with Crippen LogP contribution in [0.25, 0.3) is 0 Å². The Balaban J connectivity index is 1.33. The molecule has 0 radical (unpaired) electrons. The molecular formula is C33H32F3N3O4. The van der Waals surface area contributed by atoms with Crippen molar-refractivity contribution in [3.63, 3.8) is 0 Å². The highest BCUT2D eigenvalue weighted by Gasteiger charge is 2.50. The normalized spacial score (nSPS) is 17.5. The molecule has 0 bridgehead atoms. The zero-order chi connectivity index (χ0) is 30.8. The predicted molar refractivity (Wildman–Crippen MR) is 155 cm³/mol. The lowest BCUT2D eigenvalue weighted by molar-refractivity contribution is -0.178. The first-order valence-electron chi connectivity index (χ1n) is 14.2.